The fraction of sp³-hybridized carbons (Fsp3) is 0.200. The standard InChI is InChI=1S/C15H16ClN3O2/c16-13-2-1-3-14(15(13)19(20)21)18-10-12-6-4-11(5-7-12)8-9-17/h1-7,18H,8-10,17H2. The highest BCUT2D eigenvalue weighted by Gasteiger charge is 2.17. The van der Waals surface area contributed by atoms with Crippen LogP contribution in [0, 0.1) is 10.1 Å². The second kappa shape index (κ2) is 7.06. The van der Waals surface area contributed by atoms with Crippen LogP contribution in [-0.2, 0) is 13.0 Å². The van der Waals surface area contributed by atoms with Crippen molar-refractivity contribution in [1.29, 1.82) is 0 Å². The Balaban J connectivity index is 2.09. The summed E-state index contributed by atoms with van der Waals surface area (Å²) in [7, 11) is 0. The average molecular weight is 306 g/mol. The summed E-state index contributed by atoms with van der Waals surface area (Å²) in [6.07, 6.45) is 0.841. The van der Waals surface area contributed by atoms with Crippen LogP contribution in [0.25, 0.3) is 0 Å². The van der Waals surface area contributed by atoms with Crippen LogP contribution in [0.4, 0.5) is 11.4 Å². The van der Waals surface area contributed by atoms with Crippen LogP contribution in [-0.4, -0.2) is 11.5 Å². The average Bonchev–Trinajstić information content (AvgIpc) is 2.46. The SMILES string of the molecule is NCCc1ccc(CNc2cccc(Cl)c2[N+](=O)[O-])cc1. The van der Waals surface area contributed by atoms with Crippen molar-refractivity contribution in [3.05, 3.63) is 68.7 Å². The summed E-state index contributed by atoms with van der Waals surface area (Å²) in [5, 5.41) is 14.2. The third-order valence-corrected chi connectivity index (χ3v) is 3.41. The van der Waals surface area contributed by atoms with E-state index in [-0.39, 0.29) is 10.7 Å². The maximum Gasteiger partial charge on any atom is 0.310 e. The molecule has 2 aromatic rings. The van der Waals surface area contributed by atoms with E-state index in [1.165, 1.54) is 11.6 Å². The smallest absolute Gasteiger partial charge is 0.310 e. The zero-order valence-corrected chi connectivity index (χ0v) is 12.1. The lowest BCUT2D eigenvalue weighted by atomic mass is 10.1. The first kappa shape index (κ1) is 15.3. The van der Waals surface area contributed by atoms with Gasteiger partial charge >= 0.3 is 5.69 Å². The molecule has 2 rings (SSSR count). The number of nitrogens with zero attached hydrogens (tertiary/aromatic N) is 1. The van der Waals surface area contributed by atoms with Gasteiger partial charge in [0.1, 0.15) is 10.7 Å². The number of benzene rings is 2. The molecule has 0 atom stereocenters. The molecule has 0 unspecified atom stereocenters. The van der Waals surface area contributed by atoms with Crippen LogP contribution in [0.2, 0.25) is 5.02 Å². The number of halogens is 1. The largest absolute Gasteiger partial charge is 0.375 e. The van der Waals surface area contributed by atoms with E-state index >= 15 is 0 Å². The predicted octanol–water partition coefficient (Wildman–Crippen LogP) is 3.36. The Morgan fingerprint density at radius 3 is 2.43 bits per heavy atom. The molecule has 0 spiro atoms. The molecule has 0 amide bonds. The number of anilines is 1. The molecule has 110 valence electrons. The van der Waals surface area contributed by atoms with E-state index in [2.05, 4.69) is 5.32 Å². The lowest BCUT2D eigenvalue weighted by molar-refractivity contribution is -0.383. The maximum absolute atomic E-state index is 11.0. The van der Waals surface area contributed by atoms with Gasteiger partial charge in [-0.25, -0.2) is 0 Å². The van der Waals surface area contributed by atoms with Crippen LogP contribution in [0.3, 0.4) is 0 Å². The number of nitro benzene ring substituents is 1. The quantitative estimate of drug-likeness (QED) is 0.633. The van der Waals surface area contributed by atoms with Gasteiger partial charge in [-0.05, 0) is 36.2 Å². The Bertz CT molecular complexity index is 629. The van der Waals surface area contributed by atoms with Gasteiger partial charge in [-0.3, -0.25) is 10.1 Å². The number of hydrogen-bond donors (Lipinski definition) is 2. The molecule has 0 saturated heterocycles. The lowest BCUT2D eigenvalue weighted by Gasteiger charge is -2.08. The first-order valence-corrected chi connectivity index (χ1v) is 6.94. The summed E-state index contributed by atoms with van der Waals surface area (Å²) in [6.45, 7) is 1.11. The number of nitrogens with one attached hydrogen (secondary N) is 1. The topological polar surface area (TPSA) is 81.2 Å². The maximum atomic E-state index is 11.0. The molecule has 0 bridgehead atoms. The normalized spacial score (nSPS) is 10.4. The number of nitrogens with two attached hydrogens (primary N) is 1. The first-order chi connectivity index (χ1) is 10.1. The van der Waals surface area contributed by atoms with Crippen molar-refractivity contribution in [2.75, 3.05) is 11.9 Å². The van der Waals surface area contributed by atoms with Crippen LogP contribution in [0.15, 0.2) is 42.5 Å². The zero-order valence-electron chi connectivity index (χ0n) is 11.4. The summed E-state index contributed by atoms with van der Waals surface area (Å²) in [5.74, 6) is 0. The van der Waals surface area contributed by atoms with Crippen molar-refractivity contribution in [1.82, 2.24) is 0 Å². The number of rotatable bonds is 6. The Labute approximate surface area is 127 Å². The van der Waals surface area contributed by atoms with Crippen molar-refractivity contribution in [2.24, 2.45) is 5.73 Å². The van der Waals surface area contributed by atoms with Gasteiger partial charge in [-0.15, -0.1) is 0 Å². The van der Waals surface area contributed by atoms with Crippen molar-refractivity contribution in [3.8, 4) is 0 Å². The van der Waals surface area contributed by atoms with Crippen molar-refractivity contribution in [2.45, 2.75) is 13.0 Å². The molecule has 0 radical (unpaired) electrons. The van der Waals surface area contributed by atoms with Gasteiger partial charge in [0.2, 0.25) is 0 Å². The minimum Gasteiger partial charge on any atom is -0.375 e. The Kier molecular flexibility index (Phi) is 5.14. The van der Waals surface area contributed by atoms with E-state index in [9.17, 15) is 10.1 Å². The second-order valence-corrected chi connectivity index (χ2v) is 5.01. The van der Waals surface area contributed by atoms with E-state index in [4.69, 9.17) is 17.3 Å². The zero-order chi connectivity index (χ0) is 15.2. The summed E-state index contributed by atoms with van der Waals surface area (Å²) in [4.78, 5) is 10.6. The molecule has 0 aromatic heterocycles. The van der Waals surface area contributed by atoms with Gasteiger partial charge < -0.3 is 11.1 Å². The molecule has 6 heteroatoms. The Morgan fingerprint density at radius 1 is 1.14 bits per heavy atom. The fourth-order valence-corrected chi connectivity index (χ4v) is 2.27. The Morgan fingerprint density at radius 2 is 1.81 bits per heavy atom. The van der Waals surface area contributed by atoms with Crippen LogP contribution >= 0.6 is 11.6 Å². The summed E-state index contributed by atoms with van der Waals surface area (Å²) >= 11 is 5.87. The van der Waals surface area contributed by atoms with E-state index in [1.54, 1.807) is 12.1 Å². The van der Waals surface area contributed by atoms with E-state index in [0.29, 0.717) is 18.8 Å². The second-order valence-electron chi connectivity index (χ2n) is 4.60. The minimum absolute atomic E-state index is 0.0982. The van der Waals surface area contributed by atoms with E-state index < -0.39 is 4.92 Å². The first-order valence-electron chi connectivity index (χ1n) is 6.56. The molecular weight excluding hydrogens is 290 g/mol. The van der Waals surface area contributed by atoms with Crippen molar-refractivity contribution in [3.63, 3.8) is 0 Å². The minimum atomic E-state index is -0.477. The number of nitro groups is 1. The molecule has 5 nitrogen and oxygen atoms in total. The molecule has 21 heavy (non-hydrogen) atoms. The third-order valence-electron chi connectivity index (χ3n) is 3.11. The van der Waals surface area contributed by atoms with E-state index in [1.807, 2.05) is 24.3 Å². The van der Waals surface area contributed by atoms with Crippen LogP contribution in [0.1, 0.15) is 11.1 Å². The van der Waals surface area contributed by atoms with Gasteiger partial charge in [0.05, 0.1) is 4.92 Å². The fourth-order valence-electron chi connectivity index (χ4n) is 2.03. The van der Waals surface area contributed by atoms with E-state index in [0.717, 1.165) is 12.0 Å². The van der Waals surface area contributed by atoms with Gasteiger partial charge in [0.25, 0.3) is 0 Å². The highest BCUT2D eigenvalue weighted by Crippen LogP contribution is 2.32. The highest BCUT2D eigenvalue weighted by molar-refractivity contribution is 6.33. The summed E-state index contributed by atoms with van der Waals surface area (Å²) in [5.41, 5.74) is 8.03. The summed E-state index contributed by atoms with van der Waals surface area (Å²) in [6, 6.07) is 12.8. The third kappa shape index (κ3) is 3.93. The molecule has 3 N–H and O–H groups in total. The monoisotopic (exact) mass is 305 g/mol. The molecule has 0 fully saturated rings. The highest BCUT2D eigenvalue weighted by atomic mass is 35.5. The van der Waals surface area contributed by atoms with Crippen LogP contribution in [0.5, 0.6) is 0 Å². The van der Waals surface area contributed by atoms with Gasteiger partial charge in [0.15, 0.2) is 0 Å². The number of hydrogen-bond acceptors (Lipinski definition) is 4. The van der Waals surface area contributed by atoms with Gasteiger partial charge in [0, 0.05) is 6.54 Å². The molecule has 0 heterocycles. The van der Waals surface area contributed by atoms with Crippen molar-refractivity contribution < 1.29 is 4.92 Å². The summed E-state index contributed by atoms with van der Waals surface area (Å²) < 4.78 is 0. The molecule has 0 saturated carbocycles. The van der Waals surface area contributed by atoms with Gasteiger partial charge in [-0.1, -0.05) is 41.9 Å². The van der Waals surface area contributed by atoms with Crippen LogP contribution < -0.4 is 11.1 Å². The molecule has 0 aliphatic rings. The van der Waals surface area contributed by atoms with Gasteiger partial charge in [-0.2, -0.15) is 0 Å². The Hall–Kier alpha value is -2.11. The van der Waals surface area contributed by atoms with Crippen molar-refractivity contribution >= 4 is 23.0 Å². The predicted molar refractivity (Wildman–Crippen MR) is 84.6 cm³/mol. The molecular formula is C15H16ClN3O2. The number of para-hydroxylation sites is 1. The molecule has 0 aliphatic heterocycles. The lowest BCUT2D eigenvalue weighted by Crippen LogP contribution is -2.04. The molecule has 2 aromatic carbocycles. The molecule has 0 aliphatic carbocycles.